The fourth-order valence-corrected chi connectivity index (χ4v) is 6.41. The monoisotopic (exact) mass is 499 g/mol. The van der Waals surface area contributed by atoms with Crippen molar-refractivity contribution in [2.45, 2.75) is 5.92 Å². The van der Waals surface area contributed by atoms with Crippen molar-refractivity contribution >= 4 is 39.9 Å². The number of fused-ring (bicyclic) bond motifs is 6. The number of nitrogens with zero attached hydrogens (tertiary/aromatic N) is 1. The number of rotatable bonds is 3. The number of benzene rings is 5. The summed E-state index contributed by atoms with van der Waals surface area (Å²) in [7, 11) is 0. The Morgan fingerprint density at radius 2 is 1.38 bits per heavy atom. The summed E-state index contributed by atoms with van der Waals surface area (Å²) < 4.78 is 2.36. The van der Waals surface area contributed by atoms with Crippen LogP contribution >= 0.6 is 0 Å². The highest BCUT2D eigenvalue weighted by molar-refractivity contribution is 6.76. The Kier molecular flexibility index (Phi) is 4.91. The molecule has 184 valence electrons. The fourth-order valence-electron chi connectivity index (χ4n) is 6.41. The van der Waals surface area contributed by atoms with Crippen LogP contribution in [0.3, 0.4) is 0 Å². The molecule has 3 nitrogen and oxygen atoms in total. The summed E-state index contributed by atoms with van der Waals surface area (Å²) in [6.45, 7) is -0.239. The van der Waals surface area contributed by atoms with Gasteiger partial charge in [0.25, 0.3) is 0 Å². The average Bonchev–Trinajstić information content (AvgIpc) is 3.64. The van der Waals surface area contributed by atoms with Gasteiger partial charge in [0, 0.05) is 33.6 Å². The molecule has 0 fully saturated rings. The maximum Gasteiger partial charge on any atom is 0.371 e. The van der Waals surface area contributed by atoms with Gasteiger partial charge in [0.05, 0.1) is 11.0 Å². The van der Waals surface area contributed by atoms with E-state index in [4.69, 9.17) is 5.64 Å². The Bertz CT molecular complexity index is 1950. The summed E-state index contributed by atoms with van der Waals surface area (Å²) in [6.07, 6.45) is 8.69. The van der Waals surface area contributed by atoms with E-state index in [0.717, 1.165) is 5.69 Å². The SMILES string of the molecule is NB1Nc2ccc(-c3ccc4c(c3)c3ccccc3n4-c3ccccc3)cc2-c2cccc(C3C=CC=C3)c21. The van der Waals surface area contributed by atoms with Crippen LogP contribution in [0.1, 0.15) is 11.5 Å². The number of aromatic nitrogens is 1. The lowest BCUT2D eigenvalue weighted by Gasteiger charge is -2.28. The zero-order valence-electron chi connectivity index (χ0n) is 21.4. The van der Waals surface area contributed by atoms with Crippen LogP contribution in [0, 0.1) is 0 Å². The molecule has 4 heteroatoms. The third-order valence-corrected chi connectivity index (χ3v) is 8.20. The van der Waals surface area contributed by atoms with E-state index in [2.05, 4.69) is 143 Å². The first-order valence-corrected chi connectivity index (χ1v) is 13.5. The molecule has 2 heterocycles. The molecule has 6 aromatic rings. The van der Waals surface area contributed by atoms with Crippen LogP contribution in [0.5, 0.6) is 0 Å². The molecule has 0 radical (unpaired) electrons. The zero-order chi connectivity index (χ0) is 25.9. The fraction of sp³-hybridized carbons (Fsp3) is 0.0286. The second-order valence-corrected chi connectivity index (χ2v) is 10.4. The van der Waals surface area contributed by atoms with Gasteiger partial charge in [-0.15, -0.1) is 0 Å². The van der Waals surface area contributed by atoms with Gasteiger partial charge in [-0.05, 0) is 70.2 Å². The van der Waals surface area contributed by atoms with Gasteiger partial charge in [0.2, 0.25) is 0 Å². The van der Waals surface area contributed by atoms with Crippen LogP contribution < -0.4 is 16.3 Å². The minimum absolute atomic E-state index is 0.239. The summed E-state index contributed by atoms with van der Waals surface area (Å²) in [5.41, 5.74) is 18.6. The number of hydrogen-bond donors (Lipinski definition) is 2. The Labute approximate surface area is 228 Å². The van der Waals surface area contributed by atoms with Crippen LogP contribution in [-0.4, -0.2) is 11.5 Å². The lowest BCUT2D eigenvalue weighted by Crippen LogP contribution is -2.52. The summed E-state index contributed by atoms with van der Waals surface area (Å²) in [6, 6.07) is 39.4. The van der Waals surface area contributed by atoms with E-state index in [1.54, 1.807) is 0 Å². The number of allylic oxidation sites excluding steroid dienone is 4. The average molecular weight is 499 g/mol. The minimum atomic E-state index is -0.239. The molecule has 5 aromatic carbocycles. The van der Waals surface area contributed by atoms with Gasteiger partial charge >= 0.3 is 6.98 Å². The molecular formula is C35H26BN3. The predicted molar refractivity (Wildman–Crippen MR) is 166 cm³/mol. The summed E-state index contributed by atoms with van der Waals surface area (Å²) in [5, 5.41) is 6.08. The van der Waals surface area contributed by atoms with E-state index >= 15 is 0 Å². The van der Waals surface area contributed by atoms with Crippen molar-refractivity contribution in [3.05, 3.63) is 139 Å². The molecule has 39 heavy (non-hydrogen) atoms. The van der Waals surface area contributed by atoms with Crippen LogP contribution in [0.25, 0.3) is 49.7 Å². The number of para-hydroxylation sites is 2. The molecule has 0 saturated carbocycles. The Balaban J connectivity index is 1.29. The van der Waals surface area contributed by atoms with Crippen molar-refractivity contribution in [3.63, 3.8) is 0 Å². The van der Waals surface area contributed by atoms with E-state index in [1.165, 1.54) is 60.8 Å². The normalized spacial score (nSPS) is 14.1. The van der Waals surface area contributed by atoms with Crippen LogP contribution in [-0.2, 0) is 0 Å². The highest BCUT2D eigenvalue weighted by Gasteiger charge is 2.29. The van der Waals surface area contributed by atoms with Crippen LogP contribution in [0.2, 0.25) is 0 Å². The number of nitrogens with two attached hydrogens (primary N) is 1. The molecule has 0 bridgehead atoms. The zero-order valence-corrected chi connectivity index (χ0v) is 21.4. The highest BCUT2D eigenvalue weighted by atomic mass is 15.0. The molecule has 1 aromatic heterocycles. The number of nitrogens with one attached hydrogen (secondary N) is 1. The molecule has 8 rings (SSSR count). The smallest absolute Gasteiger partial charge is 0.371 e. The van der Waals surface area contributed by atoms with Crippen molar-refractivity contribution in [1.29, 1.82) is 0 Å². The van der Waals surface area contributed by atoms with Gasteiger partial charge in [0.1, 0.15) is 0 Å². The standard InChI is InChI=1S/C35H26BN3/c37-36-35-27(23-9-4-5-10-23)14-8-15-29(35)30-21-24(17-19-32(30)38-36)25-18-20-34-31(22-25)28-13-6-7-16-33(28)39(34)26-11-2-1-3-12-26/h1-23,38H,37H2. The van der Waals surface area contributed by atoms with E-state index in [0.29, 0.717) is 0 Å². The first kappa shape index (κ1) is 22.2. The van der Waals surface area contributed by atoms with E-state index in [-0.39, 0.29) is 12.9 Å². The lowest BCUT2D eigenvalue weighted by atomic mass is 9.60. The molecule has 3 N–H and O–H groups in total. The highest BCUT2D eigenvalue weighted by Crippen LogP contribution is 2.39. The first-order chi connectivity index (χ1) is 19.3. The molecule has 1 aliphatic carbocycles. The Hall–Kier alpha value is -4.80. The minimum Gasteiger partial charge on any atom is -0.410 e. The van der Waals surface area contributed by atoms with Crippen molar-refractivity contribution in [3.8, 4) is 27.9 Å². The quantitative estimate of drug-likeness (QED) is 0.249. The van der Waals surface area contributed by atoms with Crippen molar-refractivity contribution in [2.75, 3.05) is 5.23 Å². The molecule has 0 atom stereocenters. The van der Waals surface area contributed by atoms with Crippen molar-refractivity contribution in [1.82, 2.24) is 4.57 Å². The van der Waals surface area contributed by atoms with Crippen LogP contribution in [0.15, 0.2) is 133 Å². The molecule has 0 unspecified atom stereocenters. The van der Waals surface area contributed by atoms with Crippen molar-refractivity contribution < 1.29 is 0 Å². The topological polar surface area (TPSA) is 43.0 Å². The number of hydrogen-bond acceptors (Lipinski definition) is 2. The largest absolute Gasteiger partial charge is 0.410 e. The third-order valence-electron chi connectivity index (χ3n) is 8.20. The van der Waals surface area contributed by atoms with Gasteiger partial charge in [-0.3, -0.25) is 0 Å². The Morgan fingerprint density at radius 1 is 0.641 bits per heavy atom. The Morgan fingerprint density at radius 3 is 2.26 bits per heavy atom. The molecule has 0 amide bonds. The number of anilines is 1. The summed E-state index contributed by atoms with van der Waals surface area (Å²) in [4.78, 5) is 0. The van der Waals surface area contributed by atoms with E-state index in [1.807, 2.05) is 0 Å². The lowest BCUT2D eigenvalue weighted by molar-refractivity contribution is 1.12. The maximum atomic E-state index is 6.68. The van der Waals surface area contributed by atoms with Gasteiger partial charge in [0.15, 0.2) is 0 Å². The first-order valence-electron chi connectivity index (χ1n) is 13.5. The van der Waals surface area contributed by atoms with Gasteiger partial charge in [-0.2, -0.15) is 0 Å². The molecule has 2 aliphatic rings. The molecular weight excluding hydrogens is 473 g/mol. The second kappa shape index (κ2) is 8.62. The molecule has 0 spiro atoms. The second-order valence-electron chi connectivity index (χ2n) is 10.4. The maximum absolute atomic E-state index is 6.68. The third kappa shape index (κ3) is 3.42. The molecule has 1 aliphatic heterocycles. The van der Waals surface area contributed by atoms with Gasteiger partial charge in [-0.25, -0.2) is 0 Å². The summed E-state index contributed by atoms with van der Waals surface area (Å²) >= 11 is 0. The van der Waals surface area contributed by atoms with Gasteiger partial charge < -0.3 is 15.4 Å². The van der Waals surface area contributed by atoms with E-state index < -0.39 is 0 Å². The molecule has 0 saturated heterocycles. The predicted octanol–water partition coefficient (Wildman–Crippen LogP) is 7.41. The van der Waals surface area contributed by atoms with Crippen LogP contribution in [0.4, 0.5) is 5.69 Å². The van der Waals surface area contributed by atoms with Gasteiger partial charge in [-0.1, -0.05) is 91.0 Å². The van der Waals surface area contributed by atoms with Crippen molar-refractivity contribution in [2.24, 2.45) is 5.64 Å². The summed E-state index contributed by atoms with van der Waals surface area (Å²) in [5.74, 6) is 0.266. The van der Waals surface area contributed by atoms with E-state index in [9.17, 15) is 0 Å².